The number of hydrogen-bond donors (Lipinski definition) is 2. The smallest absolute Gasteiger partial charge is 0.283 e. The van der Waals surface area contributed by atoms with Gasteiger partial charge in [-0.2, -0.15) is 0 Å². The maximum atomic E-state index is 15.0. The number of aliphatic hydroxyl groups is 1. The van der Waals surface area contributed by atoms with Crippen molar-refractivity contribution in [2.24, 2.45) is 0 Å². The van der Waals surface area contributed by atoms with E-state index in [1.807, 2.05) is 6.92 Å². The molecule has 2 aliphatic rings. The Hall–Kier alpha value is -2.17. The zero-order chi connectivity index (χ0) is 23.8. The Morgan fingerprint density at radius 2 is 1.94 bits per heavy atom. The maximum Gasteiger partial charge on any atom is 0.283 e. The number of carbonyl (C=O) groups excluding carboxylic acids is 1. The van der Waals surface area contributed by atoms with Crippen molar-refractivity contribution in [3.8, 4) is 11.3 Å². The molecule has 1 aromatic carbocycles. The van der Waals surface area contributed by atoms with Gasteiger partial charge < -0.3 is 10.0 Å². The second kappa shape index (κ2) is 9.23. The van der Waals surface area contributed by atoms with Gasteiger partial charge in [0, 0.05) is 29.5 Å². The van der Waals surface area contributed by atoms with Crippen LogP contribution in [-0.2, 0) is 11.2 Å². The summed E-state index contributed by atoms with van der Waals surface area (Å²) >= 11 is 1.13. The van der Waals surface area contributed by atoms with Gasteiger partial charge in [-0.05, 0) is 43.5 Å². The molecule has 2 N–H and O–H groups in total. The number of nitrogens with zero attached hydrogens (tertiary/aromatic N) is 2. The molecule has 1 aliphatic heterocycles. The molecule has 10 heteroatoms. The Morgan fingerprint density at radius 1 is 1.24 bits per heavy atom. The number of amides is 1. The van der Waals surface area contributed by atoms with E-state index in [9.17, 15) is 27.5 Å². The first-order chi connectivity index (χ1) is 15.6. The predicted octanol–water partition coefficient (Wildman–Crippen LogP) is 3.96. The van der Waals surface area contributed by atoms with Crippen LogP contribution < -0.4 is 4.72 Å². The lowest BCUT2D eigenvalue weighted by molar-refractivity contribution is -0.162. The molecule has 0 unspecified atom stereocenters. The summed E-state index contributed by atoms with van der Waals surface area (Å²) in [6.45, 7) is 1.03. The third-order valence-electron chi connectivity index (χ3n) is 6.20. The second-order valence-corrected chi connectivity index (χ2v) is 9.65. The van der Waals surface area contributed by atoms with Crippen molar-refractivity contribution in [2.45, 2.75) is 56.2 Å². The summed E-state index contributed by atoms with van der Waals surface area (Å²) in [7, 11) is 0. The average molecular weight is 484 g/mol. The highest BCUT2D eigenvalue weighted by Gasteiger charge is 2.59. The van der Waals surface area contributed by atoms with E-state index in [0.29, 0.717) is 23.6 Å². The summed E-state index contributed by atoms with van der Waals surface area (Å²) in [4.78, 5) is 18.5. The van der Waals surface area contributed by atoms with Crippen molar-refractivity contribution in [3.05, 3.63) is 53.7 Å². The Balaban J connectivity index is 1.65. The predicted molar refractivity (Wildman–Crippen MR) is 118 cm³/mol. The minimum Gasteiger partial charge on any atom is -0.380 e. The van der Waals surface area contributed by atoms with Gasteiger partial charge in [-0.15, -0.1) is 0 Å². The molecule has 33 heavy (non-hydrogen) atoms. The molecule has 1 amide bonds. The van der Waals surface area contributed by atoms with Crippen molar-refractivity contribution >= 4 is 17.9 Å². The van der Waals surface area contributed by atoms with Crippen LogP contribution in [-0.4, -0.2) is 56.8 Å². The fourth-order valence-corrected chi connectivity index (χ4v) is 5.03. The van der Waals surface area contributed by atoms with E-state index in [-0.39, 0.29) is 24.8 Å². The number of aromatic nitrogens is 1. The van der Waals surface area contributed by atoms with E-state index in [1.54, 1.807) is 18.2 Å². The van der Waals surface area contributed by atoms with E-state index in [1.165, 1.54) is 0 Å². The van der Waals surface area contributed by atoms with Crippen molar-refractivity contribution in [3.63, 3.8) is 0 Å². The van der Waals surface area contributed by atoms with Gasteiger partial charge in [-0.1, -0.05) is 24.9 Å². The lowest BCUT2D eigenvalue weighted by Crippen LogP contribution is -2.56. The fraction of sp³-hybridized carbons (Fsp3) is 0.478. The second-order valence-electron chi connectivity index (χ2n) is 8.55. The van der Waals surface area contributed by atoms with Crippen molar-refractivity contribution < 1.29 is 27.5 Å². The summed E-state index contributed by atoms with van der Waals surface area (Å²) in [6, 6.07) is 5.57. The molecule has 1 aromatic heterocycles. The summed E-state index contributed by atoms with van der Waals surface area (Å²) < 4.78 is 60.1. The van der Waals surface area contributed by atoms with Crippen LogP contribution in [0.15, 0.2) is 36.4 Å². The summed E-state index contributed by atoms with van der Waals surface area (Å²) in [5, 5.41) is 10.6. The highest BCUT2D eigenvalue weighted by atomic mass is 32.2. The molecule has 5 nitrogen and oxygen atoms in total. The number of carbonyl (C=O) groups is 1. The minimum atomic E-state index is -3.20. The first-order valence-electron chi connectivity index (χ1n) is 10.8. The summed E-state index contributed by atoms with van der Waals surface area (Å²) in [5.41, 5.74) is -0.695. The molecule has 2 atom stereocenters. The molecule has 0 bridgehead atoms. The average Bonchev–Trinajstić information content (AvgIpc) is 2.99. The molecule has 178 valence electrons. The largest absolute Gasteiger partial charge is 0.380 e. The first kappa shape index (κ1) is 24.0. The van der Waals surface area contributed by atoms with Crippen LogP contribution in [0, 0.1) is 11.6 Å². The Labute approximate surface area is 193 Å². The number of pyridine rings is 1. The third kappa shape index (κ3) is 4.88. The molecule has 2 fully saturated rings. The van der Waals surface area contributed by atoms with Crippen LogP contribution in [0.4, 0.5) is 17.6 Å². The lowest BCUT2D eigenvalue weighted by atomic mass is 9.79. The molecule has 2 aromatic rings. The first-order valence-corrected chi connectivity index (χ1v) is 11.8. The number of rotatable bonds is 7. The number of hydrogen-bond acceptors (Lipinski definition) is 5. The van der Waals surface area contributed by atoms with Gasteiger partial charge in [0.1, 0.15) is 23.3 Å². The molecular weight excluding hydrogens is 458 g/mol. The lowest BCUT2D eigenvalue weighted by Gasteiger charge is -2.40. The van der Waals surface area contributed by atoms with Crippen LogP contribution in [0.5, 0.6) is 0 Å². The molecule has 0 spiro atoms. The molecule has 1 aliphatic carbocycles. The number of halogens is 4. The quantitative estimate of drug-likeness (QED) is 0.461. The number of benzene rings is 1. The van der Waals surface area contributed by atoms with E-state index >= 15 is 0 Å². The third-order valence-corrected chi connectivity index (χ3v) is 6.91. The van der Waals surface area contributed by atoms with Gasteiger partial charge >= 0.3 is 0 Å². The highest BCUT2D eigenvalue weighted by molar-refractivity contribution is 7.97. The monoisotopic (exact) mass is 483 g/mol. The number of likely N-dealkylation sites (tertiary alicyclic amines) is 1. The standard InChI is InChI=1S/C23H25F4N3O2S/c1-2-33-29-20-19(30(13-23(20,26)27)21(31)22(32)7-4-8-22)12-17-5-3-6-18(28-17)14-9-15(24)11-16(25)10-14/h3,5-6,9-11,19-20,29,32H,2,4,7-8,12-13H2,1H3/t19-,20+/m0/s1. The van der Waals surface area contributed by atoms with E-state index in [4.69, 9.17) is 0 Å². The SMILES string of the molecule is CCSN[C@@H]1[C@H](Cc2cccc(-c3cc(F)cc(F)c3)n2)N(C(=O)C2(O)CCC2)CC1(F)F. The summed E-state index contributed by atoms with van der Waals surface area (Å²) in [5.74, 6) is -4.84. The van der Waals surface area contributed by atoms with Gasteiger partial charge in [0.15, 0.2) is 0 Å². The van der Waals surface area contributed by atoms with Crippen LogP contribution in [0.1, 0.15) is 31.9 Å². The van der Waals surface area contributed by atoms with Gasteiger partial charge in [0.05, 0.1) is 18.3 Å². The molecule has 1 saturated heterocycles. The van der Waals surface area contributed by atoms with Gasteiger partial charge in [-0.25, -0.2) is 17.6 Å². The van der Waals surface area contributed by atoms with Crippen molar-refractivity contribution in [2.75, 3.05) is 12.3 Å². The summed E-state index contributed by atoms with van der Waals surface area (Å²) in [6.07, 6.45) is 1.16. The normalized spacial score (nSPS) is 23.4. The molecule has 0 radical (unpaired) electrons. The van der Waals surface area contributed by atoms with E-state index < -0.39 is 47.7 Å². The van der Waals surface area contributed by atoms with Gasteiger partial charge in [0.25, 0.3) is 11.8 Å². The van der Waals surface area contributed by atoms with Crippen molar-refractivity contribution in [1.82, 2.24) is 14.6 Å². The van der Waals surface area contributed by atoms with E-state index in [0.717, 1.165) is 35.0 Å². The number of alkyl halides is 2. The maximum absolute atomic E-state index is 15.0. The molecular formula is C23H25F4N3O2S. The number of nitrogens with one attached hydrogen (secondary N) is 1. The Morgan fingerprint density at radius 3 is 2.55 bits per heavy atom. The topological polar surface area (TPSA) is 65.5 Å². The van der Waals surface area contributed by atoms with Crippen LogP contribution >= 0.6 is 11.9 Å². The van der Waals surface area contributed by atoms with Crippen LogP contribution in [0.3, 0.4) is 0 Å². The van der Waals surface area contributed by atoms with Gasteiger partial charge in [-0.3, -0.25) is 14.5 Å². The Bertz CT molecular complexity index is 1010. The van der Waals surface area contributed by atoms with Gasteiger partial charge in [0.2, 0.25) is 0 Å². The Kier molecular flexibility index (Phi) is 6.70. The zero-order valence-electron chi connectivity index (χ0n) is 18.0. The highest BCUT2D eigenvalue weighted by Crippen LogP contribution is 2.40. The van der Waals surface area contributed by atoms with Crippen LogP contribution in [0.2, 0.25) is 0 Å². The van der Waals surface area contributed by atoms with E-state index in [2.05, 4.69) is 9.71 Å². The van der Waals surface area contributed by atoms with Crippen molar-refractivity contribution in [1.29, 1.82) is 0 Å². The fourth-order valence-electron chi connectivity index (χ4n) is 4.36. The minimum absolute atomic E-state index is 0.00894. The molecule has 1 saturated carbocycles. The zero-order valence-corrected chi connectivity index (χ0v) is 18.8. The van der Waals surface area contributed by atoms with Crippen LogP contribution in [0.25, 0.3) is 11.3 Å². The molecule has 2 heterocycles. The molecule has 4 rings (SSSR count).